The lowest BCUT2D eigenvalue weighted by Gasteiger charge is -2.30. The molecule has 1 aliphatic rings. The zero-order valence-corrected chi connectivity index (χ0v) is 19.8. The molecule has 1 N–H and O–H groups in total. The highest BCUT2D eigenvalue weighted by molar-refractivity contribution is 7.88. The normalized spacial score (nSPS) is 15.3. The van der Waals surface area contributed by atoms with Crippen LogP contribution in [-0.4, -0.2) is 44.3 Å². The van der Waals surface area contributed by atoms with E-state index in [0.717, 1.165) is 0 Å². The molecule has 2 aromatic carbocycles. The molecule has 32 heavy (non-hydrogen) atoms. The van der Waals surface area contributed by atoms with E-state index in [2.05, 4.69) is 5.32 Å². The molecule has 7 nitrogen and oxygen atoms in total. The van der Waals surface area contributed by atoms with Crippen LogP contribution < -0.4 is 5.32 Å². The number of anilines is 1. The van der Waals surface area contributed by atoms with E-state index < -0.39 is 16.0 Å². The van der Waals surface area contributed by atoms with E-state index in [1.807, 2.05) is 0 Å². The van der Waals surface area contributed by atoms with Crippen molar-refractivity contribution < 1.29 is 22.7 Å². The zero-order chi connectivity index (χ0) is 23.3. The fourth-order valence-electron chi connectivity index (χ4n) is 3.54. The zero-order valence-electron chi connectivity index (χ0n) is 17.5. The number of hydrogen-bond acceptors (Lipinski definition) is 5. The Morgan fingerprint density at radius 2 is 1.81 bits per heavy atom. The number of nitrogens with one attached hydrogen (secondary N) is 1. The molecule has 2 aromatic rings. The molecule has 1 fully saturated rings. The molecule has 1 aliphatic heterocycles. The summed E-state index contributed by atoms with van der Waals surface area (Å²) in [6, 6.07) is 11.4. The molecule has 0 spiro atoms. The molecule has 0 aliphatic carbocycles. The van der Waals surface area contributed by atoms with Gasteiger partial charge in [-0.25, -0.2) is 17.5 Å². The Labute approximate surface area is 197 Å². The number of hydrogen-bond donors (Lipinski definition) is 1. The van der Waals surface area contributed by atoms with Gasteiger partial charge in [0, 0.05) is 29.1 Å². The number of piperidine rings is 1. The Morgan fingerprint density at radius 1 is 1.12 bits per heavy atom. The fraction of sp³-hybridized carbons (Fsp3) is 0.364. The summed E-state index contributed by atoms with van der Waals surface area (Å²) in [5.41, 5.74) is 1.14. The van der Waals surface area contributed by atoms with Crippen LogP contribution in [0.3, 0.4) is 0 Å². The van der Waals surface area contributed by atoms with Crippen molar-refractivity contribution in [1.82, 2.24) is 4.31 Å². The van der Waals surface area contributed by atoms with Crippen molar-refractivity contribution in [1.29, 1.82) is 0 Å². The van der Waals surface area contributed by atoms with Crippen molar-refractivity contribution in [3.8, 4) is 0 Å². The molecular weight excluding hydrogens is 475 g/mol. The number of carbonyl (C=O) groups excluding carboxylic acids is 2. The van der Waals surface area contributed by atoms with E-state index in [-0.39, 0.29) is 42.8 Å². The highest BCUT2D eigenvalue weighted by atomic mass is 35.5. The number of nitrogens with zero attached hydrogens (tertiary/aromatic N) is 1. The van der Waals surface area contributed by atoms with Gasteiger partial charge in [-0.2, -0.15) is 0 Å². The molecule has 1 heterocycles. The van der Waals surface area contributed by atoms with Gasteiger partial charge in [0.05, 0.1) is 23.6 Å². The summed E-state index contributed by atoms with van der Waals surface area (Å²) in [6.07, 6.45) is 0.752. The van der Waals surface area contributed by atoms with Gasteiger partial charge in [0.2, 0.25) is 15.9 Å². The van der Waals surface area contributed by atoms with Crippen molar-refractivity contribution in [2.75, 3.05) is 25.0 Å². The van der Waals surface area contributed by atoms with Gasteiger partial charge in [-0.15, -0.1) is 0 Å². The number of esters is 1. The molecule has 0 bridgehead atoms. The van der Waals surface area contributed by atoms with Crippen molar-refractivity contribution in [2.24, 2.45) is 5.92 Å². The second-order valence-electron chi connectivity index (χ2n) is 7.42. The van der Waals surface area contributed by atoms with Gasteiger partial charge in [-0.1, -0.05) is 41.4 Å². The summed E-state index contributed by atoms with van der Waals surface area (Å²) in [5, 5.41) is 3.53. The van der Waals surface area contributed by atoms with Crippen molar-refractivity contribution in [3.63, 3.8) is 0 Å². The van der Waals surface area contributed by atoms with Crippen molar-refractivity contribution in [3.05, 3.63) is 63.6 Å². The molecule has 0 radical (unpaired) electrons. The molecule has 1 saturated heterocycles. The van der Waals surface area contributed by atoms with E-state index >= 15 is 0 Å². The van der Waals surface area contributed by atoms with Crippen LogP contribution in [0.25, 0.3) is 0 Å². The predicted molar refractivity (Wildman–Crippen MR) is 124 cm³/mol. The Hall–Kier alpha value is -2.13. The lowest BCUT2D eigenvalue weighted by atomic mass is 9.97. The average molecular weight is 499 g/mol. The van der Waals surface area contributed by atoms with Crippen LogP contribution in [0.15, 0.2) is 42.5 Å². The van der Waals surface area contributed by atoms with Gasteiger partial charge in [0.25, 0.3) is 0 Å². The summed E-state index contributed by atoms with van der Waals surface area (Å²) in [6.45, 7) is 2.40. The van der Waals surface area contributed by atoms with Gasteiger partial charge in [0.15, 0.2) is 0 Å². The van der Waals surface area contributed by atoms with E-state index in [0.29, 0.717) is 34.1 Å². The molecular formula is C22H24Cl2N2O5S. The minimum atomic E-state index is -3.59. The number of ether oxygens (including phenoxy) is 1. The Bertz CT molecular complexity index is 1100. The third-order valence-electron chi connectivity index (χ3n) is 5.25. The minimum Gasteiger partial charge on any atom is -0.462 e. The first-order chi connectivity index (χ1) is 15.2. The number of halogens is 2. The molecule has 1 amide bonds. The molecule has 3 rings (SSSR count). The maximum absolute atomic E-state index is 12.8. The van der Waals surface area contributed by atoms with Crippen LogP contribution in [0.5, 0.6) is 0 Å². The maximum Gasteiger partial charge on any atom is 0.340 e. The first-order valence-electron chi connectivity index (χ1n) is 10.2. The summed E-state index contributed by atoms with van der Waals surface area (Å²) < 4.78 is 32.1. The third kappa shape index (κ3) is 6.01. The highest BCUT2D eigenvalue weighted by Crippen LogP contribution is 2.27. The summed E-state index contributed by atoms with van der Waals surface area (Å²) in [4.78, 5) is 24.9. The van der Waals surface area contributed by atoms with Crippen molar-refractivity contribution in [2.45, 2.75) is 25.5 Å². The summed E-state index contributed by atoms with van der Waals surface area (Å²) in [7, 11) is -3.59. The molecule has 0 aromatic heterocycles. The molecule has 10 heteroatoms. The molecule has 0 atom stereocenters. The maximum atomic E-state index is 12.8. The molecule has 0 unspecified atom stereocenters. The monoisotopic (exact) mass is 498 g/mol. The Balaban J connectivity index is 1.61. The van der Waals surface area contributed by atoms with E-state index in [1.54, 1.807) is 43.3 Å². The van der Waals surface area contributed by atoms with E-state index in [9.17, 15) is 18.0 Å². The van der Waals surface area contributed by atoms with Crippen LogP contribution in [-0.2, 0) is 25.3 Å². The number of amides is 1. The first-order valence-corrected chi connectivity index (χ1v) is 12.6. The lowest BCUT2D eigenvalue weighted by molar-refractivity contribution is -0.120. The van der Waals surface area contributed by atoms with Crippen LogP contribution in [0, 0.1) is 5.92 Å². The Kier molecular flexibility index (Phi) is 8.16. The smallest absolute Gasteiger partial charge is 0.340 e. The van der Waals surface area contributed by atoms with Gasteiger partial charge < -0.3 is 10.1 Å². The van der Waals surface area contributed by atoms with E-state index in [4.69, 9.17) is 27.9 Å². The molecule has 0 saturated carbocycles. The third-order valence-corrected chi connectivity index (χ3v) is 7.67. The second kappa shape index (κ2) is 10.7. The van der Waals surface area contributed by atoms with Gasteiger partial charge in [0.1, 0.15) is 0 Å². The van der Waals surface area contributed by atoms with Gasteiger partial charge in [-0.05, 0) is 49.6 Å². The summed E-state index contributed by atoms with van der Waals surface area (Å²) >= 11 is 12.0. The number of sulfonamides is 1. The second-order valence-corrected chi connectivity index (χ2v) is 10.2. The van der Waals surface area contributed by atoms with Gasteiger partial charge >= 0.3 is 5.97 Å². The predicted octanol–water partition coefficient (Wildman–Crippen LogP) is 4.35. The number of carbonyl (C=O) groups is 2. The average Bonchev–Trinajstić information content (AvgIpc) is 2.76. The Morgan fingerprint density at radius 3 is 2.47 bits per heavy atom. The first kappa shape index (κ1) is 24.5. The van der Waals surface area contributed by atoms with E-state index in [1.165, 1.54) is 10.4 Å². The van der Waals surface area contributed by atoms with Gasteiger partial charge in [-0.3, -0.25) is 4.79 Å². The summed E-state index contributed by atoms with van der Waals surface area (Å²) in [5.74, 6) is -1.35. The SMILES string of the molecule is CCOC(=O)c1ccccc1NC(=O)C1CCN(S(=O)(=O)Cc2ccc(Cl)cc2Cl)CC1. The lowest BCUT2D eigenvalue weighted by Crippen LogP contribution is -2.42. The number of benzene rings is 2. The van der Waals surface area contributed by atoms with Crippen LogP contribution in [0.4, 0.5) is 5.69 Å². The van der Waals surface area contributed by atoms with Crippen LogP contribution in [0.2, 0.25) is 10.0 Å². The minimum absolute atomic E-state index is 0.227. The van der Waals surface area contributed by atoms with Crippen LogP contribution >= 0.6 is 23.2 Å². The number of para-hydroxylation sites is 1. The highest BCUT2D eigenvalue weighted by Gasteiger charge is 2.32. The largest absolute Gasteiger partial charge is 0.462 e. The topological polar surface area (TPSA) is 92.8 Å². The number of rotatable bonds is 7. The molecule has 172 valence electrons. The quantitative estimate of drug-likeness (QED) is 0.572. The van der Waals surface area contributed by atoms with Crippen LogP contribution in [0.1, 0.15) is 35.7 Å². The standard InChI is InChI=1S/C22H24Cl2N2O5S/c1-2-31-22(28)18-5-3-4-6-20(18)25-21(27)15-9-11-26(12-10-15)32(29,30)14-16-7-8-17(23)13-19(16)24/h3-8,13,15H,2,9-12,14H2,1H3,(H,25,27). The fourth-order valence-corrected chi connectivity index (χ4v) is 5.69. The van der Waals surface area contributed by atoms with Crippen molar-refractivity contribution >= 4 is 50.8 Å².